The normalized spacial score (nSPS) is 17.5. The first-order valence-corrected chi connectivity index (χ1v) is 6.26. The molecule has 0 saturated carbocycles. The highest BCUT2D eigenvalue weighted by Gasteiger charge is 2.22. The van der Waals surface area contributed by atoms with Crippen LogP contribution in [0.1, 0.15) is 6.92 Å². The van der Waals surface area contributed by atoms with Crippen LogP contribution in [0.2, 0.25) is 0 Å². The first-order chi connectivity index (χ1) is 9.56. The van der Waals surface area contributed by atoms with Crippen LogP contribution in [-0.2, 0) is 14.3 Å². The van der Waals surface area contributed by atoms with Crippen molar-refractivity contribution in [3.63, 3.8) is 0 Å². The number of morpholine rings is 1. The number of benzene rings is 1. The maximum atomic E-state index is 13.7. The molecule has 1 aromatic carbocycles. The maximum Gasteiger partial charge on any atom is 0.254 e. The highest BCUT2D eigenvalue weighted by molar-refractivity contribution is 5.96. The Hall–Kier alpha value is -1.70. The predicted octanol–water partition coefficient (Wildman–Crippen LogP) is 1.13. The second kappa shape index (κ2) is 7.92. The zero-order valence-corrected chi connectivity index (χ0v) is 12.3. The Balaban J connectivity index is 0.00000220. The molecule has 1 aliphatic heterocycles. The van der Waals surface area contributed by atoms with E-state index in [1.807, 2.05) is 0 Å². The summed E-state index contributed by atoms with van der Waals surface area (Å²) in [6.07, 6.45) is -0.646. The second-order valence-corrected chi connectivity index (χ2v) is 4.43. The van der Waals surface area contributed by atoms with Crippen LogP contribution in [0.5, 0.6) is 0 Å². The Morgan fingerprint density at radius 3 is 2.76 bits per heavy atom. The number of carbonyl (C=O) groups excluding carboxylic acids is 2. The van der Waals surface area contributed by atoms with Gasteiger partial charge in [-0.2, -0.15) is 0 Å². The Morgan fingerprint density at radius 2 is 2.14 bits per heavy atom. The van der Waals surface area contributed by atoms with Gasteiger partial charge in [0.2, 0.25) is 5.91 Å². The number of hydrogen-bond donors (Lipinski definition) is 3. The summed E-state index contributed by atoms with van der Waals surface area (Å²) in [5.41, 5.74) is 0.423. The van der Waals surface area contributed by atoms with Gasteiger partial charge in [-0.1, -0.05) is 0 Å². The number of halogens is 2. The van der Waals surface area contributed by atoms with E-state index >= 15 is 0 Å². The van der Waals surface area contributed by atoms with E-state index < -0.39 is 17.8 Å². The van der Waals surface area contributed by atoms with Crippen LogP contribution in [-0.4, -0.2) is 37.6 Å². The highest BCUT2D eigenvalue weighted by Crippen LogP contribution is 2.20. The van der Waals surface area contributed by atoms with Crippen molar-refractivity contribution >= 4 is 35.6 Å². The summed E-state index contributed by atoms with van der Waals surface area (Å²) in [5.74, 6) is -1.26. The van der Waals surface area contributed by atoms with Crippen LogP contribution >= 0.6 is 12.4 Å². The molecule has 1 unspecified atom stereocenters. The van der Waals surface area contributed by atoms with Gasteiger partial charge in [-0.15, -0.1) is 12.4 Å². The molecule has 1 aliphatic rings. The largest absolute Gasteiger partial charge is 0.366 e. The molecule has 3 N–H and O–H groups in total. The molecule has 1 fully saturated rings. The summed E-state index contributed by atoms with van der Waals surface area (Å²) < 4.78 is 18.9. The summed E-state index contributed by atoms with van der Waals surface area (Å²) in [6, 6.07) is 3.97. The van der Waals surface area contributed by atoms with E-state index in [2.05, 4.69) is 16.0 Å². The molecule has 0 radical (unpaired) electrons. The number of nitrogens with one attached hydrogen (secondary N) is 3. The average molecular weight is 318 g/mol. The third-order valence-electron chi connectivity index (χ3n) is 2.76. The minimum Gasteiger partial charge on any atom is -0.366 e. The molecule has 6 nitrogen and oxygen atoms in total. The predicted molar refractivity (Wildman–Crippen MR) is 79.2 cm³/mol. The Labute approximate surface area is 127 Å². The zero-order valence-electron chi connectivity index (χ0n) is 11.4. The number of hydrogen-bond acceptors (Lipinski definition) is 4. The monoisotopic (exact) mass is 317 g/mol. The van der Waals surface area contributed by atoms with E-state index in [0.29, 0.717) is 25.4 Å². The van der Waals surface area contributed by atoms with Gasteiger partial charge < -0.3 is 20.7 Å². The van der Waals surface area contributed by atoms with Crippen molar-refractivity contribution in [2.45, 2.75) is 13.0 Å². The lowest BCUT2D eigenvalue weighted by Gasteiger charge is -2.22. The Bertz CT molecular complexity index is 521. The molecule has 0 aliphatic carbocycles. The lowest BCUT2D eigenvalue weighted by Crippen LogP contribution is -2.45. The summed E-state index contributed by atoms with van der Waals surface area (Å²) in [5, 5.41) is 8.01. The maximum absolute atomic E-state index is 13.7. The molecule has 8 heteroatoms. The van der Waals surface area contributed by atoms with Gasteiger partial charge in [-0.25, -0.2) is 4.39 Å². The van der Waals surface area contributed by atoms with E-state index in [-0.39, 0.29) is 24.0 Å². The first kappa shape index (κ1) is 17.4. The van der Waals surface area contributed by atoms with Crippen molar-refractivity contribution in [2.75, 3.05) is 30.3 Å². The van der Waals surface area contributed by atoms with Gasteiger partial charge in [0.15, 0.2) is 0 Å². The van der Waals surface area contributed by atoms with E-state index in [4.69, 9.17) is 4.74 Å². The van der Waals surface area contributed by atoms with E-state index in [1.165, 1.54) is 25.1 Å². The van der Waals surface area contributed by atoms with Gasteiger partial charge in [0.05, 0.1) is 12.3 Å². The number of anilines is 2. The average Bonchev–Trinajstić information content (AvgIpc) is 2.43. The minimum absolute atomic E-state index is 0. The number of amides is 2. The van der Waals surface area contributed by atoms with Crippen LogP contribution in [0.15, 0.2) is 18.2 Å². The second-order valence-electron chi connectivity index (χ2n) is 4.43. The van der Waals surface area contributed by atoms with Crippen LogP contribution in [0, 0.1) is 5.82 Å². The van der Waals surface area contributed by atoms with E-state index in [1.54, 1.807) is 0 Å². The molecular formula is C13H17ClFN3O3. The molecule has 2 rings (SSSR count). The smallest absolute Gasteiger partial charge is 0.254 e. The van der Waals surface area contributed by atoms with Gasteiger partial charge in [-0.05, 0) is 18.2 Å². The molecular weight excluding hydrogens is 301 g/mol. The number of carbonyl (C=O) groups is 2. The molecule has 1 heterocycles. The Kier molecular flexibility index (Phi) is 6.54. The topological polar surface area (TPSA) is 79.5 Å². The lowest BCUT2D eigenvalue weighted by atomic mass is 10.2. The van der Waals surface area contributed by atoms with Crippen molar-refractivity contribution in [3.8, 4) is 0 Å². The molecule has 2 amide bonds. The Morgan fingerprint density at radius 1 is 1.38 bits per heavy atom. The number of ether oxygens (including phenoxy) is 1. The number of rotatable bonds is 3. The molecule has 0 spiro atoms. The van der Waals surface area contributed by atoms with Gasteiger partial charge >= 0.3 is 0 Å². The molecule has 0 bridgehead atoms. The summed E-state index contributed by atoms with van der Waals surface area (Å²) in [4.78, 5) is 22.9. The van der Waals surface area contributed by atoms with Crippen LogP contribution in [0.25, 0.3) is 0 Å². The van der Waals surface area contributed by atoms with Crippen LogP contribution < -0.4 is 16.0 Å². The molecule has 1 aromatic rings. The van der Waals surface area contributed by atoms with Crippen molar-refractivity contribution in [1.82, 2.24) is 5.32 Å². The molecule has 0 aromatic heterocycles. The fourth-order valence-electron chi connectivity index (χ4n) is 1.85. The third kappa shape index (κ3) is 4.96. The van der Waals surface area contributed by atoms with Gasteiger partial charge in [0.25, 0.3) is 5.91 Å². The standard InChI is InChI=1S/C13H16FN3O3.ClH/c1-8(18)16-9-2-3-10(14)11(6-9)17-13(19)12-7-15-4-5-20-12;/h2-3,6,12,15H,4-5,7H2,1H3,(H,16,18)(H,17,19);1H. The first-order valence-electron chi connectivity index (χ1n) is 6.26. The van der Waals surface area contributed by atoms with E-state index in [0.717, 1.165) is 0 Å². The van der Waals surface area contributed by atoms with Crippen molar-refractivity contribution in [2.24, 2.45) is 0 Å². The molecule has 21 heavy (non-hydrogen) atoms. The van der Waals surface area contributed by atoms with Crippen LogP contribution in [0.3, 0.4) is 0 Å². The van der Waals surface area contributed by atoms with E-state index in [9.17, 15) is 14.0 Å². The summed E-state index contributed by atoms with van der Waals surface area (Å²) in [7, 11) is 0. The zero-order chi connectivity index (χ0) is 14.5. The molecule has 1 atom stereocenters. The lowest BCUT2D eigenvalue weighted by molar-refractivity contribution is -0.128. The summed E-state index contributed by atoms with van der Waals surface area (Å²) in [6.45, 7) is 2.87. The fourth-order valence-corrected chi connectivity index (χ4v) is 1.85. The van der Waals surface area contributed by atoms with Crippen molar-refractivity contribution in [3.05, 3.63) is 24.0 Å². The van der Waals surface area contributed by atoms with Gasteiger partial charge in [0.1, 0.15) is 11.9 Å². The third-order valence-corrected chi connectivity index (χ3v) is 2.76. The summed E-state index contributed by atoms with van der Waals surface area (Å²) >= 11 is 0. The SMILES string of the molecule is CC(=O)Nc1ccc(F)c(NC(=O)C2CNCCO2)c1.Cl. The fraction of sp³-hybridized carbons (Fsp3) is 0.385. The van der Waals surface area contributed by atoms with Crippen molar-refractivity contribution < 1.29 is 18.7 Å². The highest BCUT2D eigenvalue weighted by atomic mass is 35.5. The van der Waals surface area contributed by atoms with Gasteiger partial charge in [-0.3, -0.25) is 9.59 Å². The van der Waals surface area contributed by atoms with Crippen molar-refractivity contribution in [1.29, 1.82) is 0 Å². The van der Waals surface area contributed by atoms with Gasteiger partial charge in [0, 0.05) is 25.7 Å². The van der Waals surface area contributed by atoms with Crippen LogP contribution in [0.4, 0.5) is 15.8 Å². The molecule has 1 saturated heterocycles. The molecule has 116 valence electrons. The quantitative estimate of drug-likeness (QED) is 0.781. The minimum atomic E-state index is -0.646.